The number of H-pyrrole nitrogens is 1. The summed E-state index contributed by atoms with van der Waals surface area (Å²) in [6.07, 6.45) is 2.51. The molecule has 22 heavy (non-hydrogen) atoms. The van der Waals surface area contributed by atoms with Crippen LogP contribution in [0.15, 0.2) is 35.1 Å². The smallest absolute Gasteiger partial charge is 0.266 e. The van der Waals surface area contributed by atoms with Gasteiger partial charge in [-0.15, -0.1) is 0 Å². The topological polar surface area (TPSA) is 65.9 Å². The zero-order valence-electron chi connectivity index (χ0n) is 12.6. The van der Waals surface area contributed by atoms with Crippen LogP contribution in [0.1, 0.15) is 29.7 Å². The van der Waals surface area contributed by atoms with E-state index < -0.39 is 0 Å². The molecule has 1 N–H and O–H groups in total. The van der Waals surface area contributed by atoms with Crippen molar-refractivity contribution in [3.05, 3.63) is 57.5 Å². The minimum Gasteiger partial charge on any atom is -0.376 e. The van der Waals surface area contributed by atoms with Crippen molar-refractivity contribution in [2.75, 3.05) is 6.61 Å². The van der Waals surface area contributed by atoms with Crippen LogP contribution in [0.2, 0.25) is 0 Å². The quantitative estimate of drug-likeness (QED) is 0.921. The fourth-order valence-corrected chi connectivity index (χ4v) is 2.54. The number of hydrogen-bond acceptors (Lipinski definition) is 3. The SMILES string of the molecule is Cc1cc(-c2ccccc2COCC2CC2)c(C#N)c(=O)[nH]1. The second-order valence-electron chi connectivity index (χ2n) is 5.80. The van der Waals surface area contributed by atoms with Gasteiger partial charge in [-0.25, -0.2) is 0 Å². The van der Waals surface area contributed by atoms with E-state index in [1.165, 1.54) is 12.8 Å². The van der Waals surface area contributed by atoms with Gasteiger partial charge in [0.2, 0.25) is 0 Å². The molecule has 0 saturated heterocycles. The van der Waals surface area contributed by atoms with Gasteiger partial charge in [0.1, 0.15) is 11.6 Å². The van der Waals surface area contributed by atoms with Gasteiger partial charge < -0.3 is 9.72 Å². The van der Waals surface area contributed by atoms with Crippen molar-refractivity contribution in [2.45, 2.75) is 26.4 Å². The van der Waals surface area contributed by atoms with Crippen LogP contribution >= 0.6 is 0 Å². The fraction of sp³-hybridized carbons (Fsp3) is 0.333. The van der Waals surface area contributed by atoms with Gasteiger partial charge in [-0.2, -0.15) is 5.26 Å². The maximum atomic E-state index is 12.0. The maximum absolute atomic E-state index is 12.0. The van der Waals surface area contributed by atoms with Gasteiger partial charge in [-0.3, -0.25) is 4.79 Å². The molecule has 4 heteroatoms. The molecule has 1 aromatic carbocycles. The summed E-state index contributed by atoms with van der Waals surface area (Å²) in [5.74, 6) is 0.712. The Bertz CT molecular complexity index is 782. The van der Waals surface area contributed by atoms with Crippen molar-refractivity contribution in [1.29, 1.82) is 5.26 Å². The standard InChI is InChI=1S/C18H18N2O2/c1-12-8-16(17(9-19)18(21)20-12)15-5-3-2-4-14(15)11-22-10-13-6-7-13/h2-5,8,13H,6-7,10-11H2,1H3,(H,20,21). The Kier molecular flexibility index (Phi) is 4.08. The summed E-state index contributed by atoms with van der Waals surface area (Å²) in [6.45, 7) is 3.11. The summed E-state index contributed by atoms with van der Waals surface area (Å²) in [4.78, 5) is 14.7. The van der Waals surface area contributed by atoms with Gasteiger partial charge in [-0.1, -0.05) is 24.3 Å². The average Bonchev–Trinajstić information content (AvgIpc) is 3.31. The highest BCUT2D eigenvalue weighted by atomic mass is 16.5. The van der Waals surface area contributed by atoms with Crippen molar-refractivity contribution in [3.8, 4) is 17.2 Å². The number of nitrogens with zero attached hydrogens (tertiary/aromatic N) is 1. The first-order chi connectivity index (χ1) is 10.7. The third kappa shape index (κ3) is 3.10. The lowest BCUT2D eigenvalue weighted by atomic mass is 9.96. The highest BCUT2D eigenvalue weighted by molar-refractivity contribution is 5.73. The molecule has 1 aliphatic carbocycles. The second-order valence-corrected chi connectivity index (χ2v) is 5.80. The van der Waals surface area contributed by atoms with Crippen LogP contribution < -0.4 is 5.56 Å². The molecule has 4 nitrogen and oxygen atoms in total. The molecule has 0 unspecified atom stereocenters. The first kappa shape index (κ1) is 14.6. The van der Waals surface area contributed by atoms with Crippen LogP contribution in [0.5, 0.6) is 0 Å². The summed E-state index contributed by atoms with van der Waals surface area (Å²) in [7, 11) is 0. The van der Waals surface area contributed by atoms with Gasteiger partial charge in [0, 0.05) is 17.9 Å². The molecule has 1 aliphatic rings. The number of hydrogen-bond donors (Lipinski definition) is 1. The first-order valence-electron chi connectivity index (χ1n) is 7.49. The molecule has 1 saturated carbocycles. The van der Waals surface area contributed by atoms with E-state index in [9.17, 15) is 10.1 Å². The second kappa shape index (κ2) is 6.17. The first-order valence-corrected chi connectivity index (χ1v) is 7.49. The summed E-state index contributed by atoms with van der Waals surface area (Å²) in [5, 5.41) is 9.30. The van der Waals surface area contributed by atoms with Crippen molar-refractivity contribution < 1.29 is 4.74 Å². The largest absolute Gasteiger partial charge is 0.376 e. The molecule has 0 radical (unpaired) electrons. The number of nitriles is 1. The van der Waals surface area contributed by atoms with Crippen LogP contribution in [0.4, 0.5) is 0 Å². The average molecular weight is 294 g/mol. The lowest BCUT2D eigenvalue weighted by Crippen LogP contribution is -2.13. The van der Waals surface area contributed by atoms with E-state index in [1.807, 2.05) is 43.3 Å². The number of ether oxygens (including phenoxy) is 1. The third-order valence-corrected chi connectivity index (χ3v) is 3.90. The van der Waals surface area contributed by atoms with E-state index in [1.54, 1.807) is 0 Å². The zero-order chi connectivity index (χ0) is 15.5. The van der Waals surface area contributed by atoms with Crippen LogP contribution in [0.25, 0.3) is 11.1 Å². The molecule has 2 aromatic rings. The van der Waals surface area contributed by atoms with Gasteiger partial charge in [-0.05, 0) is 42.9 Å². The fourth-order valence-electron chi connectivity index (χ4n) is 2.54. The normalized spacial score (nSPS) is 13.8. The van der Waals surface area contributed by atoms with Crippen molar-refractivity contribution in [2.24, 2.45) is 5.92 Å². The van der Waals surface area contributed by atoms with Crippen LogP contribution in [0.3, 0.4) is 0 Å². The maximum Gasteiger partial charge on any atom is 0.266 e. The van der Waals surface area contributed by atoms with Gasteiger partial charge >= 0.3 is 0 Å². The molecule has 0 bridgehead atoms. The Morgan fingerprint density at radius 2 is 2.09 bits per heavy atom. The van der Waals surface area contributed by atoms with Crippen molar-refractivity contribution >= 4 is 0 Å². The summed E-state index contributed by atoms with van der Waals surface area (Å²) >= 11 is 0. The number of pyridine rings is 1. The summed E-state index contributed by atoms with van der Waals surface area (Å²) in [5.41, 5.74) is 3.13. The molecule has 1 fully saturated rings. The lowest BCUT2D eigenvalue weighted by Gasteiger charge is -2.12. The molecule has 3 rings (SSSR count). The minimum atomic E-state index is -0.341. The Morgan fingerprint density at radius 1 is 1.32 bits per heavy atom. The molecule has 0 aliphatic heterocycles. The predicted octanol–water partition coefficient (Wildman–Crippen LogP) is 3.15. The monoisotopic (exact) mass is 294 g/mol. The molecule has 0 atom stereocenters. The van der Waals surface area contributed by atoms with E-state index in [2.05, 4.69) is 4.98 Å². The Hall–Kier alpha value is -2.38. The predicted molar refractivity (Wildman–Crippen MR) is 84.3 cm³/mol. The highest BCUT2D eigenvalue weighted by Crippen LogP contribution is 2.30. The zero-order valence-corrected chi connectivity index (χ0v) is 12.6. The van der Waals surface area contributed by atoms with E-state index in [0.717, 1.165) is 23.4 Å². The molecule has 112 valence electrons. The summed E-state index contributed by atoms with van der Waals surface area (Å²) in [6, 6.07) is 11.6. The molecule has 1 aromatic heterocycles. The van der Waals surface area contributed by atoms with Crippen LogP contribution in [-0.2, 0) is 11.3 Å². The number of aromatic amines is 1. The molecular weight excluding hydrogens is 276 g/mol. The Balaban J connectivity index is 1.97. The Morgan fingerprint density at radius 3 is 2.82 bits per heavy atom. The lowest BCUT2D eigenvalue weighted by molar-refractivity contribution is 0.111. The highest BCUT2D eigenvalue weighted by Gasteiger charge is 2.21. The van der Waals surface area contributed by atoms with Gasteiger partial charge in [0.15, 0.2) is 0 Å². The van der Waals surface area contributed by atoms with Crippen molar-refractivity contribution in [1.82, 2.24) is 4.98 Å². The van der Waals surface area contributed by atoms with Crippen LogP contribution in [0, 0.1) is 24.2 Å². The summed E-state index contributed by atoms with van der Waals surface area (Å²) < 4.78 is 5.77. The molecule has 0 amide bonds. The third-order valence-electron chi connectivity index (χ3n) is 3.90. The molecule has 1 heterocycles. The van der Waals surface area contributed by atoms with E-state index in [4.69, 9.17) is 4.74 Å². The minimum absolute atomic E-state index is 0.153. The van der Waals surface area contributed by atoms with E-state index >= 15 is 0 Å². The molecule has 0 spiro atoms. The van der Waals surface area contributed by atoms with E-state index in [-0.39, 0.29) is 11.1 Å². The number of benzene rings is 1. The number of nitrogens with one attached hydrogen (secondary N) is 1. The number of rotatable bonds is 5. The Labute approximate surface area is 129 Å². The number of aromatic nitrogens is 1. The number of aryl methyl sites for hydroxylation is 1. The van der Waals surface area contributed by atoms with Crippen LogP contribution in [-0.4, -0.2) is 11.6 Å². The van der Waals surface area contributed by atoms with Crippen molar-refractivity contribution in [3.63, 3.8) is 0 Å². The van der Waals surface area contributed by atoms with Gasteiger partial charge in [0.25, 0.3) is 5.56 Å². The van der Waals surface area contributed by atoms with E-state index in [0.29, 0.717) is 18.1 Å². The van der Waals surface area contributed by atoms with Gasteiger partial charge in [0.05, 0.1) is 6.61 Å². The molecular formula is C18H18N2O2.